The summed E-state index contributed by atoms with van der Waals surface area (Å²) >= 11 is 0. The van der Waals surface area contributed by atoms with Crippen LogP contribution in [-0.2, 0) is 5.92 Å². The minimum absolute atomic E-state index is 0.560. The van der Waals surface area contributed by atoms with Crippen molar-refractivity contribution in [3.05, 3.63) is 40.0 Å². The predicted octanol–water partition coefficient (Wildman–Crippen LogP) is 4.76. The SMILES string of the molecule is Cc1c(F)c(F)c2c(c1F)C(F)=C(F)C(F)(F)C2(F)F. The number of halogens is 9. The van der Waals surface area contributed by atoms with Crippen molar-refractivity contribution in [1.29, 1.82) is 0 Å². The third-order valence-corrected chi connectivity index (χ3v) is 2.94. The average Bonchev–Trinajstić information content (AvgIpc) is 2.36. The molecule has 1 aromatic rings. The lowest BCUT2D eigenvalue weighted by Gasteiger charge is -2.31. The standard InChI is InChI=1S/C11H3F9/c1-2-5(12)3-4(8(15)6(2)13)10(17,18)11(19,20)9(16)7(3)14/h1H3. The Labute approximate surface area is 105 Å². The monoisotopic (exact) mass is 306 g/mol. The fourth-order valence-electron chi connectivity index (χ4n) is 1.82. The van der Waals surface area contributed by atoms with E-state index in [1.165, 1.54) is 0 Å². The molecule has 0 fully saturated rings. The molecule has 0 atom stereocenters. The molecule has 0 radical (unpaired) electrons. The molecule has 0 bridgehead atoms. The molecule has 0 amide bonds. The van der Waals surface area contributed by atoms with Gasteiger partial charge in [0.05, 0.1) is 11.1 Å². The maximum atomic E-state index is 13.5. The Hall–Kier alpha value is -1.67. The van der Waals surface area contributed by atoms with Crippen LogP contribution >= 0.6 is 0 Å². The number of hydrogen-bond donors (Lipinski definition) is 0. The van der Waals surface area contributed by atoms with Gasteiger partial charge < -0.3 is 0 Å². The molecule has 1 aliphatic rings. The number of alkyl halides is 4. The van der Waals surface area contributed by atoms with Crippen LogP contribution in [0.15, 0.2) is 5.83 Å². The third-order valence-electron chi connectivity index (χ3n) is 2.94. The Morgan fingerprint density at radius 1 is 0.700 bits per heavy atom. The molecule has 0 heterocycles. The summed E-state index contributed by atoms with van der Waals surface area (Å²) in [5.74, 6) is -24.1. The lowest BCUT2D eigenvalue weighted by atomic mass is 9.87. The van der Waals surface area contributed by atoms with Crippen molar-refractivity contribution < 1.29 is 39.5 Å². The van der Waals surface area contributed by atoms with Crippen LogP contribution in [0.2, 0.25) is 0 Å². The molecule has 0 nitrogen and oxygen atoms in total. The van der Waals surface area contributed by atoms with Gasteiger partial charge in [-0.15, -0.1) is 0 Å². The van der Waals surface area contributed by atoms with Crippen LogP contribution in [0.4, 0.5) is 39.5 Å². The number of allylic oxidation sites excluding steroid dienone is 1. The largest absolute Gasteiger partial charge is 0.368 e. The summed E-state index contributed by atoms with van der Waals surface area (Å²) in [5, 5.41) is 0. The summed E-state index contributed by atoms with van der Waals surface area (Å²) in [6, 6.07) is 0. The van der Waals surface area contributed by atoms with Gasteiger partial charge in [0.15, 0.2) is 17.5 Å². The first-order chi connectivity index (χ1) is 8.96. The summed E-state index contributed by atoms with van der Waals surface area (Å²) in [7, 11) is 0. The molecule has 2 rings (SSSR count). The van der Waals surface area contributed by atoms with E-state index in [1.54, 1.807) is 0 Å². The van der Waals surface area contributed by atoms with E-state index in [4.69, 9.17) is 0 Å². The van der Waals surface area contributed by atoms with Crippen LogP contribution in [-0.4, -0.2) is 5.92 Å². The Morgan fingerprint density at radius 2 is 1.20 bits per heavy atom. The zero-order chi connectivity index (χ0) is 15.6. The van der Waals surface area contributed by atoms with Crippen molar-refractivity contribution in [2.45, 2.75) is 18.8 Å². The molecule has 0 saturated heterocycles. The first-order valence-corrected chi connectivity index (χ1v) is 4.95. The maximum Gasteiger partial charge on any atom is 0.368 e. The third kappa shape index (κ3) is 1.46. The van der Waals surface area contributed by atoms with Crippen molar-refractivity contribution in [3.8, 4) is 0 Å². The summed E-state index contributed by atoms with van der Waals surface area (Å²) in [6.45, 7) is 0.560. The van der Waals surface area contributed by atoms with E-state index in [2.05, 4.69) is 0 Å². The van der Waals surface area contributed by atoms with Gasteiger partial charge in [0, 0.05) is 5.56 Å². The highest BCUT2D eigenvalue weighted by molar-refractivity contribution is 5.71. The quantitative estimate of drug-likeness (QED) is 0.479. The smallest absolute Gasteiger partial charge is 0.206 e. The normalized spacial score (nSPS) is 20.1. The second-order valence-electron chi connectivity index (χ2n) is 4.09. The summed E-state index contributed by atoms with van der Waals surface area (Å²) in [5.41, 5.74) is -5.80. The van der Waals surface area contributed by atoms with Crippen molar-refractivity contribution in [2.75, 3.05) is 0 Å². The molecular weight excluding hydrogens is 303 g/mol. The van der Waals surface area contributed by atoms with Gasteiger partial charge in [0.25, 0.3) is 0 Å². The molecule has 1 aliphatic carbocycles. The van der Waals surface area contributed by atoms with Gasteiger partial charge in [-0.1, -0.05) is 0 Å². The van der Waals surface area contributed by atoms with Crippen molar-refractivity contribution >= 4 is 5.83 Å². The first kappa shape index (κ1) is 14.7. The molecular formula is C11H3F9. The van der Waals surface area contributed by atoms with E-state index in [-0.39, 0.29) is 0 Å². The van der Waals surface area contributed by atoms with E-state index in [1.807, 2.05) is 0 Å². The highest BCUT2D eigenvalue weighted by Gasteiger charge is 2.67. The molecule has 0 N–H and O–H groups in total. The summed E-state index contributed by atoms with van der Waals surface area (Å²) in [4.78, 5) is 0. The van der Waals surface area contributed by atoms with Gasteiger partial charge in [-0.25, -0.2) is 22.0 Å². The van der Waals surface area contributed by atoms with Gasteiger partial charge in [-0.05, 0) is 6.92 Å². The fourth-order valence-corrected chi connectivity index (χ4v) is 1.82. The van der Waals surface area contributed by atoms with Crippen LogP contribution in [0.5, 0.6) is 0 Å². The molecule has 0 spiro atoms. The zero-order valence-corrected chi connectivity index (χ0v) is 9.40. The van der Waals surface area contributed by atoms with Crippen LogP contribution in [0, 0.1) is 24.4 Å². The van der Waals surface area contributed by atoms with E-state index in [0.717, 1.165) is 0 Å². The fraction of sp³-hybridized carbons (Fsp3) is 0.273. The highest BCUT2D eigenvalue weighted by Crippen LogP contribution is 2.56. The molecule has 0 unspecified atom stereocenters. The predicted molar refractivity (Wildman–Crippen MR) is 49.0 cm³/mol. The Morgan fingerprint density at radius 3 is 1.70 bits per heavy atom. The Kier molecular flexibility index (Phi) is 2.89. The molecule has 20 heavy (non-hydrogen) atoms. The van der Waals surface area contributed by atoms with Crippen molar-refractivity contribution in [3.63, 3.8) is 0 Å². The molecule has 0 aromatic heterocycles. The van der Waals surface area contributed by atoms with Crippen LogP contribution in [0.3, 0.4) is 0 Å². The zero-order valence-electron chi connectivity index (χ0n) is 9.40. The molecule has 0 saturated carbocycles. The van der Waals surface area contributed by atoms with E-state index < -0.39 is 57.6 Å². The van der Waals surface area contributed by atoms with Gasteiger partial charge in [-0.3, -0.25) is 0 Å². The maximum absolute atomic E-state index is 13.5. The van der Waals surface area contributed by atoms with Crippen molar-refractivity contribution in [1.82, 2.24) is 0 Å². The second kappa shape index (κ2) is 3.92. The van der Waals surface area contributed by atoms with Crippen LogP contribution < -0.4 is 0 Å². The lowest BCUT2D eigenvalue weighted by Crippen LogP contribution is -2.43. The second-order valence-corrected chi connectivity index (χ2v) is 4.09. The van der Waals surface area contributed by atoms with Crippen LogP contribution in [0.25, 0.3) is 5.83 Å². The lowest BCUT2D eigenvalue weighted by molar-refractivity contribution is -0.206. The first-order valence-electron chi connectivity index (χ1n) is 4.95. The van der Waals surface area contributed by atoms with Crippen molar-refractivity contribution in [2.24, 2.45) is 0 Å². The van der Waals surface area contributed by atoms with Crippen LogP contribution in [0.1, 0.15) is 16.7 Å². The minimum atomic E-state index is -5.75. The van der Waals surface area contributed by atoms with E-state index in [9.17, 15) is 39.5 Å². The summed E-state index contributed by atoms with van der Waals surface area (Å²) < 4.78 is 119. The topological polar surface area (TPSA) is 0 Å². The molecule has 110 valence electrons. The minimum Gasteiger partial charge on any atom is -0.206 e. The number of hydrogen-bond acceptors (Lipinski definition) is 0. The van der Waals surface area contributed by atoms with Gasteiger partial charge >= 0.3 is 11.8 Å². The van der Waals surface area contributed by atoms with Gasteiger partial charge in [0.1, 0.15) is 5.82 Å². The Balaban J connectivity index is 3.06. The number of rotatable bonds is 0. The highest BCUT2D eigenvalue weighted by atomic mass is 19.3. The molecule has 0 aliphatic heterocycles. The Bertz CT molecular complexity index is 642. The van der Waals surface area contributed by atoms with Gasteiger partial charge in [-0.2, -0.15) is 17.6 Å². The molecule has 1 aromatic carbocycles. The number of benzene rings is 1. The molecule has 9 heteroatoms. The van der Waals surface area contributed by atoms with Gasteiger partial charge in [0.2, 0.25) is 5.83 Å². The van der Waals surface area contributed by atoms with E-state index >= 15 is 0 Å². The average molecular weight is 306 g/mol. The summed E-state index contributed by atoms with van der Waals surface area (Å²) in [6.07, 6.45) is 0. The van der Waals surface area contributed by atoms with E-state index in [0.29, 0.717) is 6.92 Å². The number of fused-ring (bicyclic) bond motifs is 1.